The van der Waals surface area contributed by atoms with E-state index in [1.807, 2.05) is 36.6 Å². The van der Waals surface area contributed by atoms with Crippen molar-refractivity contribution in [3.05, 3.63) is 73.0 Å². The van der Waals surface area contributed by atoms with Crippen LogP contribution in [0.4, 0.5) is 5.82 Å². The standard InChI is InChI=1S/C21H19N7O/c1-14-9-16(5-6-23-14)21-15(2)28(13-26-21)12-20(29)27-19-4-3-17(10-25-19)18-11-22-7-8-24-18/h3-11,13H,12H2,1-2H3,(H,25,27,29). The maximum absolute atomic E-state index is 12.5. The lowest BCUT2D eigenvalue weighted by Gasteiger charge is -2.08. The van der Waals surface area contributed by atoms with E-state index < -0.39 is 0 Å². The zero-order valence-corrected chi connectivity index (χ0v) is 16.1. The minimum absolute atomic E-state index is 0.149. The van der Waals surface area contributed by atoms with Crippen LogP contribution in [0.25, 0.3) is 22.5 Å². The molecule has 4 aromatic rings. The Kier molecular flexibility index (Phi) is 5.07. The average Bonchev–Trinajstić information content (AvgIpc) is 3.09. The molecule has 0 aliphatic heterocycles. The van der Waals surface area contributed by atoms with Crippen molar-refractivity contribution in [2.24, 2.45) is 0 Å². The van der Waals surface area contributed by atoms with E-state index in [0.717, 1.165) is 33.9 Å². The summed E-state index contributed by atoms with van der Waals surface area (Å²) in [4.78, 5) is 33.7. The van der Waals surface area contributed by atoms with E-state index in [2.05, 4.69) is 30.2 Å². The minimum atomic E-state index is -0.178. The van der Waals surface area contributed by atoms with Gasteiger partial charge in [-0.1, -0.05) is 0 Å². The second kappa shape index (κ2) is 7.97. The smallest absolute Gasteiger partial charge is 0.245 e. The number of hydrogen-bond acceptors (Lipinski definition) is 6. The molecule has 8 nitrogen and oxygen atoms in total. The molecule has 144 valence electrons. The second-order valence-corrected chi connectivity index (χ2v) is 6.56. The van der Waals surface area contributed by atoms with Crippen molar-refractivity contribution < 1.29 is 4.79 Å². The molecular weight excluding hydrogens is 366 g/mol. The van der Waals surface area contributed by atoms with Crippen LogP contribution in [0.5, 0.6) is 0 Å². The van der Waals surface area contributed by atoms with Gasteiger partial charge >= 0.3 is 0 Å². The molecular formula is C21H19N7O. The number of amides is 1. The number of aryl methyl sites for hydroxylation is 1. The fourth-order valence-corrected chi connectivity index (χ4v) is 2.98. The number of carbonyl (C=O) groups excluding carboxylic acids is 1. The van der Waals surface area contributed by atoms with Crippen molar-refractivity contribution in [2.45, 2.75) is 20.4 Å². The molecule has 1 amide bonds. The van der Waals surface area contributed by atoms with E-state index in [9.17, 15) is 4.79 Å². The molecule has 8 heteroatoms. The Morgan fingerprint density at radius 1 is 0.966 bits per heavy atom. The van der Waals surface area contributed by atoms with Gasteiger partial charge in [0.1, 0.15) is 12.4 Å². The first kappa shape index (κ1) is 18.4. The SMILES string of the molecule is Cc1cc(-c2ncn(CC(=O)Nc3ccc(-c4cnccn4)cn3)c2C)ccn1. The van der Waals surface area contributed by atoms with Gasteiger partial charge in [0.15, 0.2) is 0 Å². The van der Waals surface area contributed by atoms with E-state index >= 15 is 0 Å². The van der Waals surface area contributed by atoms with Crippen molar-refractivity contribution >= 4 is 11.7 Å². The molecule has 0 unspecified atom stereocenters. The molecule has 0 fully saturated rings. The van der Waals surface area contributed by atoms with Crippen LogP contribution in [0.3, 0.4) is 0 Å². The molecule has 4 rings (SSSR count). The van der Waals surface area contributed by atoms with Gasteiger partial charge in [0, 0.05) is 47.3 Å². The van der Waals surface area contributed by atoms with Crippen molar-refractivity contribution in [1.29, 1.82) is 0 Å². The van der Waals surface area contributed by atoms with Crippen LogP contribution in [-0.2, 0) is 11.3 Å². The number of nitrogens with one attached hydrogen (secondary N) is 1. The summed E-state index contributed by atoms with van der Waals surface area (Å²) in [5.74, 6) is 0.299. The van der Waals surface area contributed by atoms with Gasteiger partial charge in [0.2, 0.25) is 5.91 Å². The van der Waals surface area contributed by atoms with E-state index in [0.29, 0.717) is 5.82 Å². The molecule has 1 N–H and O–H groups in total. The summed E-state index contributed by atoms with van der Waals surface area (Å²) < 4.78 is 1.81. The third-order valence-electron chi connectivity index (χ3n) is 4.47. The minimum Gasteiger partial charge on any atom is -0.325 e. The highest BCUT2D eigenvalue weighted by molar-refractivity contribution is 5.89. The number of imidazole rings is 1. The summed E-state index contributed by atoms with van der Waals surface area (Å²) in [7, 11) is 0. The lowest BCUT2D eigenvalue weighted by atomic mass is 10.1. The van der Waals surface area contributed by atoms with E-state index in [4.69, 9.17) is 0 Å². The van der Waals surface area contributed by atoms with Crippen LogP contribution in [0.2, 0.25) is 0 Å². The first-order valence-electron chi connectivity index (χ1n) is 9.07. The van der Waals surface area contributed by atoms with Gasteiger partial charge in [-0.3, -0.25) is 19.7 Å². The fourth-order valence-electron chi connectivity index (χ4n) is 2.98. The molecule has 4 heterocycles. The maximum Gasteiger partial charge on any atom is 0.245 e. The highest BCUT2D eigenvalue weighted by Gasteiger charge is 2.12. The quantitative estimate of drug-likeness (QED) is 0.567. The predicted molar refractivity (Wildman–Crippen MR) is 109 cm³/mol. The highest BCUT2D eigenvalue weighted by atomic mass is 16.2. The van der Waals surface area contributed by atoms with Crippen LogP contribution in [0.15, 0.2) is 61.6 Å². The Hall–Kier alpha value is -3.94. The number of aromatic nitrogens is 6. The normalized spacial score (nSPS) is 10.7. The molecule has 4 aromatic heterocycles. The van der Waals surface area contributed by atoms with Crippen molar-refractivity contribution in [1.82, 2.24) is 29.5 Å². The third-order valence-corrected chi connectivity index (χ3v) is 4.47. The monoisotopic (exact) mass is 385 g/mol. The van der Waals surface area contributed by atoms with Crippen molar-refractivity contribution in [3.63, 3.8) is 0 Å². The Labute approximate surface area is 167 Å². The number of carbonyl (C=O) groups is 1. The molecule has 0 spiro atoms. The summed E-state index contributed by atoms with van der Waals surface area (Å²) in [5.41, 5.74) is 5.22. The van der Waals surface area contributed by atoms with Gasteiger partial charge in [0.25, 0.3) is 0 Å². The zero-order valence-electron chi connectivity index (χ0n) is 16.1. The predicted octanol–water partition coefficient (Wildman–Crippen LogP) is 3.05. The molecule has 0 aliphatic carbocycles. The van der Waals surface area contributed by atoms with Crippen LogP contribution < -0.4 is 5.32 Å². The van der Waals surface area contributed by atoms with Crippen LogP contribution in [0.1, 0.15) is 11.4 Å². The van der Waals surface area contributed by atoms with Crippen molar-refractivity contribution in [2.75, 3.05) is 5.32 Å². The summed E-state index contributed by atoms with van der Waals surface area (Å²) in [6.45, 7) is 4.03. The molecule has 0 aliphatic rings. The Bertz CT molecular complexity index is 1140. The number of hydrogen-bond donors (Lipinski definition) is 1. The molecule has 0 bridgehead atoms. The van der Waals surface area contributed by atoms with Crippen LogP contribution in [0, 0.1) is 13.8 Å². The Balaban J connectivity index is 1.44. The first-order chi connectivity index (χ1) is 14.1. The second-order valence-electron chi connectivity index (χ2n) is 6.56. The van der Waals surface area contributed by atoms with E-state index in [-0.39, 0.29) is 12.5 Å². The van der Waals surface area contributed by atoms with Gasteiger partial charge in [0.05, 0.1) is 23.9 Å². The zero-order chi connectivity index (χ0) is 20.2. The number of pyridine rings is 2. The summed E-state index contributed by atoms with van der Waals surface area (Å²) in [5, 5.41) is 2.81. The Morgan fingerprint density at radius 3 is 2.59 bits per heavy atom. The maximum atomic E-state index is 12.5. The first-order valence-corrected chi connectivity index (χ1v) is 9.07. The Morgan fingerprint density at radius 2 is 1.86 bits per heavy atom. The van der Waals surface area contributed by atoms with Gasteiger partial charge in [-0.25, -0.2) is 9.97 Å². The third kappa shape index (κ3) is 4.16. The summed E-state index contributed by atoms with van der Waals surface area (Å²) >= 11 is 0. The van der Waals surface area contributed by atoms with E-state index in [1.54, 1.807) is 43.4 Å². The van der Waals surface area contributed by atoms with Gasteiger partial charge in [-0.2, -0.15) is 0 Å². The van der Waals surface area contributed by atoms with Crippen molar-refractivity contribution in [3.8, 4) is 22.5 Å². The van der Waals surface area contributed by atoms with Gasteiger partial charge < -0.3 is 9.88 Å². The highest BCUT2D eigenvalue weighted by Crippen LogP contribution is 2.22. The summed E-state index contributed by atoms with van der Waals surface area (Å²) in [6.07, 6.45) is 9.99. The topological polar surface area (TPSA) is 98.5 Å². The number of anilines is 1. The average molecular weight is 385 g/mol. The van der Waals surface area contributed by atoms with Gasteiger partial charge in [-0.05, 0) is 38.1 Å². The van der Waals surface area contributed by atoms with E-state index in [1.165, 1.54) is 0 Å². The fraction of sp³-hybridized carbons (Fsp3) is 0.143. The van der Waals surface area contributed by atoms with Gasteiger partial charge in [-0.15, -0.1) is 0 Å². The molecule has 0 aromatic carbocycles. The van der Waals surface area contributed by atoms with Crippen LogP contribution in [-0.4, -0.2) is 35.4 Å². The largest absolute Gasteiger partial charge is 0.325 e. The number of rotatable bonds is 5. The molecule has 0 radical (unpaired) electrons. The molecule has 0 saturated carbocycles. The lowest BCUT2D eigenvalue weighted by molar-refractivity contribution is -0.116. The van der Waals surface area contributed by atoms with Crippen LogP contribution >= 0.6 is 0 Å². The number of nitrogens with zero attached hydrogens (tertiary/aromatic N) is 6. The lowest BCUT2D eigenvalue weighted by Crippen LogP contribution is -2.19. The molecule has 0 saturated heterocycles. The molecule has 29 heavy (non-hydrogen) atoms. The summed E-state index contributed by atoms with van der Waals surface area (Å²) in [6, 6.07) is 7.48. The molecule has 0 atom stereocenters.